The summed E-state index contributed by atoms with van der Waals surface area (Å²) in [4.78, 5) is 11.9. The topological polar surface area (TPSA) is 65.7 Å². The smallest absolute Gasteiger partial charge is 0.340 e. The van der Waals surface area contributed by atoms with Crippen molar-refractivity contribution in [3.63, 3.8) is 0 Å². The molecule has 6 heteroatoms. The van der Waals surface area contributed by atoms with Crippen LogP contribution in [0.3, 0.4) is 0 Å². The summed E-state index contributed by atoms with van der Waals surface area (Å²) >= 11 is 0. The van der Waals surface area contributed by atoms with E-state index in [1.165, 1.54) is 0 Å². The maximum absolute atomic E-state index is 12.5. The van der Waals surface area contributed by atoms with Crippen LogP contribution in [0.5, 0.6) is 0 Å². The van der Waals surface area contributed by atoms with E-state index in [-0.39, 0.29) is 19.4 Å². The van der Waals surface area contributed by atoms with Gasteiger partial charge in [-0.05, 0) is 19.9 Å². The van der Waals surface area contributed by atoms with E-state index in [0.717, 1.165) is 0 Å². The second-order valence-corrected chi connectivity index (χ2v) is 6.22. The molecule has 0 saturated carbocycles. The highest BCUT2D eigenvalue weighted by Gasteiger charge is 2.29. The van der Waals surface area contributed by atoms with Crippen LogP contribution >= 0.6 is 7.60 Å². The molecule has 5 nitrogen and oxygen atoms in total. The van der Waals surface area contributed by atoms with E-state index >= 15 is 0 Å². The third-order valence-electron chi connectivity index (χ3n) is 2.78. The Hall–Kier alpha value is -1.42. The van der Waals surface area contributed by atoms with Gasteiger partial charge in [-0.2, -0.15) is 0 Å². The average molecular weight is 296 g/mol. The molecule has 0 bridgehead atoms. The maximum Gasteiger partial charge on any atom is 0.340 e. The van der Waals surface area contributed by atoms with Gasteiger partial charge in [0.2, 0.25) is 0 Å². The van der Waals surface area contributed by atoms with Crippen molar-refractivity contribution in [1.29, 1.82) is 0 Å². The van der Waals surface area contributed by atoms with Gasteiger partial charge in [-0.25, -0.2) is 4.79 Å². The number of hydrogen-bond donors (Lipinski definition) is 0. The molecule has 2 aliphatic rings. The normalized spacial score (nSPS) is 11.9. The summed E-state index contributed by atoms with van der Waals surface area (Å²) < 4.78 is 28.1. The van der Waals surface area contributed by atoms with E-state index in [2.05, 4.69) is 0 Å². The van der Waals surface area contributed by atoms with E-state index in [1.807, 2.05) is 6.07 Å². The minimum atomic E-state index is -3.32. The Morgan fingerprint density at radius 1 is 1.10 bits per heavy atom. The van der Waals surface area contributed by atoms with E-state index < -0.39 is 13.2 Å². The second-order valence-electron chi connectivity index (χ2n) is 4.16. The van der Waals surface area contributed by atoms with Crippen LogP contribution in [0.2, 0.25) is 0 Å². The lowest BCUT2D eigenvalue weighted by Crippen LogP contribution is -2.06. The fraction of sp³-hybridized carbons (Fsp3) is 0.357. The fourth-order valence-corrected chi connectivity index (χ4v) is 3.74. The van der Waals surface area contributed by atoms with Crippen molar-refractivity contribution < 1.29 is 18.0 Å². The number of rotatable bonds is 6. The molecule has 1 heterocycles. The van der Waals surface area contributed by atoms with Crippen molar-refractivity contribution in [2.24, 2.45) is 0 Å². The molecule has 0 saturated heterocycles. The standard InChI is InChI=1S/C14H17O5P/c1-3-17-20(16,18-4-2)10-12-11-8-6-5-7-9-13(11)19-14(12)15/h5-9H,3-4,10H2,1-2H3. The van der Waals surface area contributed by atoms with Crippen LogP contribution < -0.4 is 5.63 Å². The van der Waals surface area contributed by atoms with Gasteiger partial charge in [-0.15, -0.1) is 0 Å². The molecule has 0 aromatic carbocycles. The first-order chi connectivity index (χ1) is 9.59. The summed E-state index contributed by atoms with van der Waals surface area (Å²) in [6.07, 6.45) is -0.0788. The van der Waals surface area contributed by atoms with Gasteiger partial charge in [0, 0.05) is 5.56 Å². The highest BCUT2D eigenvalue weighted by atomic mass is 31.2. The molecule has 1 aliphatic carbocycles. The van der Waals surface area contributed by atoms with Gasteiger partial charge < -0.3 is 13.5 Å². The molecule has 0 unspecified atom stereocenters. The van der Waals surface area contributed by atoms with Crippen LogP contribution in [0, 0.1) is 0 Å². The molecule has 0 amide bonds. The Morgan fingerprint density at radius 3 is 2.40 bits per heavy atom. The predicted octanol–water partition coefficient (Wildman–Crippen LogP) is 3.51. The Labute approximate surface area is 117 Å². The van der Waals surface area contributed by atoms with E-state index in [1.54, 1.807) is 38.1 Å². The molecule has 108 valence electrons. The van der Waals surface area contributed by atoms with E-state index in [9.17, 15) is 9.36 Å². The van der Waals surface area contributed by atoms with Gasteiger partial charge >= 0.3 is 13.2 Å². The second kappa shape index (κ2) is 6.35. The Balaban J connectivity index is 2.42. The van der Waals surface area contributed by atoms with Crippen LogP contribution in [-0.2, 0) is 19.8 Å². The molecule has 1 aliphatic heterocycles. The SMILES string of the molecule is CCOP(=O)(Cc1c2cccccc-2oc1=O)OCC. The summed E-state index contributed by atoms with van der Waals surface area (Å²) in [6, 6.07) is 8.87. The van der Waals surface area contributed by atoms with Gasteiger partial charge in [0.15, 0.2) is 0 Å². The zero-order valence-corrected chi connectivity index (χ0v) is 12.4. The van der Waals surface area contributed by atoms with Gasteiger partial charge in [0.1, 0.15) is 5.76 Å². The van der Waals surface area contributed by atoms with Crippen LogP contribution in [0.15, 0.2) is 39.5 Å². The van der Waals surface area contributed by atoms with Crippen molar-refractivity contribution in [3.8, 4) is 11.3 Å². The Bertz CT molecular complexity index is 638. The molecular formula is C14H17O5P. The van der Waals surface area contributed by atoms with Crippen molar-refractivity contribution in [1.82, 2.24) is 0 Å². The lowest BCUT2D eigenvalue weighted by atomic mass is 10.1. The van der Waals surface area contributed by atoms with Crippen LogP contribution in [0.4, 0.5) is 0 Å². The summed E-state index contributed by atoms with van der Waals surface area (Å²) in [5.74, 6) is 0.467. The molecular weight excluding hydrogens is 279 g/mol. The van der Waals surface area contributed by atoms with E-state index in [4.69, 9.17) is 13.5 Å². The molecule has 2 rings (SSSR count). The van der Waals surface area contributed by atoms with Crippen molar-refractivity contribution >= 4 is 7.60 Å². The average Bonchev–Trinajstić information content (AvgIpc) is 2.57. The molecule has 20 heavy (non-hydrogen) atoms. The largest absolute Gasteiger partial charge is 0.422 e. The van der Waals surface area contributed by atoms with Crippen molar-refractivity contribution in [3.05, 3.63) is 46.3 Å². The first kappa shape index (κ1) is 15.0. The first-order valence-corrected chi connectivity index (χ1v) is 8.21. The quantitative estimate of drug-likeness (QED) is 0.763. The zero-order chi connectivity index (χ0) is 14.6. The summed E-state index contributed by atoms with van der Waals surface area (Å²) in [6.45, 7) is 3.98. The molecule has 0 N–H and O–H groups in total. The minimum absolute atomic E-state index is 0.0788. The molecule has 0 aromatic heterocycles. The van der Waals surface area contributed by atoms with Gasteiger partial charge in [0.25, 0.3) is 0 Å². The van der Waals surface area contributed by atoms with Crippen LogP contribution in [-0.4, -0.2) is 13.2 Å². The Kier molecular flexibility index (Phi) is 4.76. The lowest BCUT2D eigenvalue weighted by Gasteiger charge is -2.15. The third-order valence-corrected chi connectivity index (χ3v) is 4.78. The molecule has 0 radical (unpaired) electrons. The van der Waals surface area contributed by atoms with Gasteiger partial charge in [-0.3, -0.25) is 4.57 Å². The zero-order valence-electron chi connectivity index (χ0n) is 11.5. The predicted molar refractivity (Wildman–Crippen MR) is 76.2 cm³/mol. The van der Waals surface area contributed by atoms with Crippen LogP contribution in [0.25, 0.3) is 11.3 Å². The number of hydrogen-bond acceptors (Lipinski definition) is 5. The Morgan fingerprint density at radius 2 is 1.75 bits per heavy atom. The highest BCUT2D eigenvalue weighted by Crippen LogP contribution is 2.52. The summed E-state index contributed by atoms with van der Waals surface area (Å²) in [5, 5.41) is 0. The fourth-order valence-electron chi connectivity index (χ4n) is 2.01. The number of fused-ring (bicyclic) bond motifs is 1. The van der Waals surface area contributed by atoms with Crippen molar-refractivity contribution in [2.45, 2.75) is 20.0 Å². The first-order valence-electron chi connectivity index (χ1n) is 6.48. The van der Waals surface area contributed by atoms with Crippen LogP contribution in [0.1, 0.15) is 19.4 Å². The highest BCUT2D eigenvalue weighted by molar-refractivity contribution is 7.53. The maximum atomic E-state index is 12.5. The van der Waals surface area contributed by atoms with Gasteiger partial charge in [-0.1, -0.05) is 24.3 Å². The van der Waals surface area contributed by atoms with Crippen molar-refractivity contribution in [2.75, 3.05) is 13.2 Å². The summed E-state index contributed by atoms with van der Waals surface area (Å²) in [5.41, 5.74) is 0.479. The minimum Gasteiger partial charge on any atom is -0.422 e. The van der Waals surface area contributed by atoms with Gasteiger partial charge in [0.05, 0.1) is 24.9 Å². The monoisotopic (exact) mass is 296 g/mol. The molecule has 0 aromatic rings. The van der Waals surface area contributed by atoms with E-state index in [0.29, 0.717) is 16.9 Å². The molecule has 0 atom stereocenters. The molecule has 0 fully saturated rings. The number of furan rings is 1. The lowest BCUT2D eigenvalue weighted by molar-refractivity contribution is 0.219. The summed E-state index contributed by atoms with van der Waals surface area (Å²) in [7, 11) is -3.32. The third kappa shape index (κ3) is 3.18. The molecule has 0 spiro atoms.